The van der Waals surface area contributed by atoms with E-state index in [0.29, 0.717) is 6.42 Å². The predicted octanol–water partition coefficient (Wildman–Crippen LogP) is 1.90. The van der Waals surface area contributed by atoms with Gasteiger partial charge in [-0.15, -0.1) is 0 Å². The Balaban J connectivity index is 2.45. The number of ether oxygens (including phenoxy) is 1. The van der Waals surface area contributed by atoms with Crippen LogP contribution in [-0.4, -0.2) is 12.6 Å². The number of benzene rings is 1. The highest BCUT2D eigenvalue weighted by Crippen LogP contribution is 2.37. The van der Waals surface area contributed by atoms with Crippen LogP contribution in [0.5, 0.6) is 5.75 Å². The summed E-state index contributed by atoms with van der Waals surface area (Å²) in [6.45, 7) is 0.271. The maximum Gasteiger partial charge on any atom is 0.204 e. The molecule has 1 aliphatic rings. The monoisotopic (exact) mass is 235 g/mol. The maximum absolute atomic E-state index is 13.3. The Bertz CT molecular complexity index is 399. The standard InChI is InChI=1S/C10H9F4NO/c11-6-5-3-4(1-2-15)16-10(5)9(14)8(13)7(6)12/h4H,1-3,15H2. The minimum Gasteiger partial charge on any atom is -0.486 e. The van der Waals surface area contributed by atoms with Gasteiger partial charge < -0.3 is 10.5 Å². The number of fused-ring (bicyclic) bond motifs is 1. The van der Waals surface area contributed by atoms with Crippen LogP contribution >= 0.6 is 0 Å². The third-order valence-corrected chi connectivity index (χ3v) is 2.52. The van der Waals surface area contributed by atoms with E-state index in [1.807, 2.05) is 0 Å². The predicted molar refractivity (Wildman–Crippen MR) is 48.1 cm³/mol. The van der Waals surface area contributed by atoms with Gasteiger partial charge in [-0.3, -0.25) is 0 Å². The molecule has 2 rings (SSSR count). The van der Waals surface area contributed by atoms with Crippen LogP contribution in [0.3, 0.4) is 0 Å². The van der Waals surface area contributed by atoms with E-state index in [9.17, 15) is 17.6 Å². The second-order valence-corrected chi connectivity index (χ2v) is 3.58. The highest BCUT2D eigenvalue weighted by atomic mass is 19.2. The van der Waals surface area contributed by atoms with Gasteiger partial charge in [-0.1, -0.05) is 0 Å². The van der Waals surface area contributed by atoms with E-state index in [-0.39, 0.29) is 18.5 Å². The Labute approximate surface area is 89.0 Å². The van der Waals surface area contributed by atoms with Crippen LogP contribution in [0.25, 0.3) is 0 Å². The molecule has 0 amide bonds. The molecule has 0 spiro atoms. The quantitative estimate of drug-likeness (QED) is 0.482. The first-order chi connectivity index (χ1) is 7.56. The first-order valence-electron chi connectivity index (χ1n) is 4.77. The number of hydrogen-bond acceptors (Lipinski definition) is 2. The molecule has 0 fully saturated rings. The van der Waals surface area contributed by atoms with Crippen LogP contribution in [0.15, 0.2) is 0 Å². The summed E-state index contributed by atoms with van der Waals surface area (Å²) < 4.78 is 57.2. The summed E-state index contributed by atoms with van der Waals surface area (Å²) in [5, 5.41) is 0. The van der Waals surface area contributed by atoms with Crippen LogP contribution in [0, 0.1) is 23.3 Å². The average molecular weight is 235 g/mol. The average Bonchev–Trinajstić information content (AvgIpc) is 2.68. The maximum atomic E-state index is 13.3. The van der Waals surface area contributed by atoms with Gasteiger partial charge in [-0.05, 0) is 13.0 Å². The summed E-state index contributed by atoms with van der Waals surface area (Å²) in [4.78, 5) is 0. The van der Waals surface area contributed by atoms with Crippen LogP contribution in [0.2, 0.25) is 0 Å². The van der Waals surface area contributed by atoms with Gasteiger partial charge in [0.15, 0.2) is 17.4 Å². The molecule has 2 N–H and O–H groups in total. The Morgan fingerprint density at radius 2 is 1.69 bits per heavy atom. The lowest BCUT2D eigenvalue weighted by Gasteiger charge is -2.08. The van der Waals surface area contributed by atoms with E-state index in [2.05, 4.69) is 0 Å². The lowest BCUT2D eigenvalue weighted by molar-refractivity contribution is 0.213. The Kier molecular flexibility index (Phi) is 2.75. The molecule has 1 aromatic rings. The third kappa shape index (κ3) is 1.53. The fraction of sp³-hybridized carbons (Fsp3) is 0.400. The minimum absolute atomic E-state index is 0.00644. The summed E-state index contributed by atoms with van der Waals surface area (Å²) in [7, 11) is 0. The van der Waals surface area contributed by atoms with Gasteiger partial charge in [0.1, 0.15) is 6.10 Å². The van der Waals surface area contributed by atoms with Gasteiger partial charge in [-0.25, -0.2) is 13.2 Å². The highest BCUT2D eigenvalue weighted by molar-refractivity contribution is 5.41. The molecule has 1 unspecified atom stereocenters. The fourth-order valence-corrected chi connectivity index (χ4v) is 1.75. The summed E-state index contributed by atoms with van der Waals surface area (Å²) in [5.74, 6) is -7.03. The SMILES string of the molecule is NCCC1Cc2c(F)c(F)c(F)c(F)c2O1. The molecule has 1 aromatic carbocycles. The zero-order valence-corrected chi connectivity index (χ0v) is 8.20. The lowest BCUT2D eigenvalue weighted by Crippen LogP contribution is -2.18. The van der Waals surface area contributed by atoms with Crippen molar-refractivity contribution in [2.24, 2.45) is 5.73 Å². The zero-order chi connectivity index (χ0) is 11.9. The van der Waals surface area contributed by atoms with Crippen molar-refractivity contribution in [1.82, 2.24) is 0 Å². The van der Waals surface area contributed by atoms with Crippen molar-refractivity contribution in [3.63, 3.8) is 0 Å². The molecule has 88 valence electrons. The number of rotatable bonds is 2. The van der Waals surface area contributed by atoms with Gasteiger partial charge >= 0.3 is 0 Å². The minimum atomic E-state index is -1.84. The molecule has 0 bridgehead atoms. The van der Waals surface area contributed by atoms with E-state index in [4.69, 9.17) is 10.5 Å². The summed E-state index contributed by atoms with van der Waals surface area (Å²) in [6, 6.07) is 0. The highest BCUT2D eigenvalue weighted by Gasteiger charge is 2.33. The van der Waals surface area contributed by atoms with Gasteiger partial charge in [0.25, 0.3) is 0 Å². The summed E-state index contributed by atoms with van der Waals surface area (Å²) in [6.07, 6.45) is -0.145. The van der Waals surface area contributed by atoms with Crippen LogP contribution in [0.1, 0.15) is 12.0 Å². The van der Waals surface area contributed by atoms with Crippen molar-refractivity contribution in [3.8, 4) is 5.75 Å². The van der Waals surface area contributed by atoms with Crippen LogP contribution < -0.4 is 10.5 Å². The van der Waals surface area contributed by atoms with Gasteiger partial charge in [0, 0.05) is 12.0 Å². The topological polar surface area (TPSA) is 35.2 Å². The largest absolute Gasteiger partial charge is 0.486 e. The molecule has 0 saturated heterocycles. The Hall–Kier alpha value is -1.30. The van der Waals surface area contributed by atoms with Gasteiger partial charge in [0.2, 0.25) is 11.6 Å². The number of halogens is 4. The summed E-state index contributed by atoms with van der Waals surface area (Å²) >= 11 is 0. The van der Waals surface area contributed by atoms with Crippen LogP contribution in [-0.2, 0) is 6.42 Å². The van der Waals surface area contributed by atoms with Crippen molar-refractivity contribution >= 4 is 0 Å². The second kappa shape index (κ2) is 3.93. The fourth-order valence-electron chi connectivity index (χ4n) is 1.75. The van der Waals surface area contributed by atoms with E-state index in [0.717, 1.165) is 0 Å². The van der Waals surface area contributed by atoms with Crippen molar-refractivity contribution < 1.29 is 22.3 Å². The van der Waals surface area contributed by atoms with Crippen molar-refractivity contribution in [2.75, 3.05) is 6.54 Å². The molecule has 16 heavy (non-hydrogen) atoms. The molecular formula is C10H9F4NO. The van der Waals surface area contributed by atoms with E-state index in [1.54, 1.807) is 0 Å². The van der Waals surface area contributed by atoms with Crippen molar-refractivity contribution in [2.45, 2.75) is 18.9 Å². The van der Waals surface area contributed by atoms with Crippen molar-refractivity contribution in [3.05, 3.63) is 28.8 Å². The molecule has 1 heterocycles. The molecular weight excluding hydrogens is 226 g/mol. The van der Waals surface area contributed by atoms with Gasteiger partial charge in [0.05, 0.1) is 0 Å². The molecule has 0 aromatic heterocycles. The zero-order valence-electron chi connectivity index (χ0n) is 8.20. The van der Waals surface area contributed by atoms with Crippen LogP contribution in [0.4, 0.5) is 17.6 Å². The molecule has 1 aliphatic heterocycles. The Morgan fingerprint density at radius 1 is 1.06 bits per heavy atom. The first kappa shape index (κ1) is 11.2. The number of nitrogens with two attached hydrogens (primary N) is 1. The van der Waals surface area contributed by atoms with E-state index >= 15 is 0 Å². The molecule has 6 heteroatoms. The first-order valence-corrected chi connectivity index (χ1v) is 4.77. The smallest absolute Gasteiger partial charge is 0.204 e. The molecule has 2 nitrogen and oxygen atoms in total. The van der Waals surface area contributed by atoms with E-state index in [1.165, 1.54) is 0 Å². The van der Waals surface area contributed by atoms with Gasteiger partial charge in [-0.2, -0.15) is 4.39 Å². The third-order valence-electron chi connectivity index (χ3n) is 2.52. The molecule has 1 atom stereocenters. The van der Waals surface area contributed by atoms with Crippen molar-refractivity contribution in [1.29, 1.82) is 0 Å². The lowest BCUT2D eigenvalue weighted by atomic mass is 10.1. The Morgan fingerprint density at radius 3 is 2.31 bits per heavy atom. The normalized spacial score (nSPS) is 18.4. The number of hydrogen-bond donors (Lipinski definition) is 1. The van der Waals surface area contributed by atoms with E-state index < -0.39 is 35.1 Å². The molecule has 0 saturated carbocycles. The second-order valence-electron chi connectivity index (χ2n) is 3.58. The molecule has 0 radical (unpaired) electrons. The molecule has 0 aliphatic carbocycles. The summed E-state index contributed by atoms with van der Waals surface area (Å²) in [5.41, 5.74) is 5.01.